The number of rotatable bonds is 16. The highest BCUT2D eigenvalue weighted by Crippen LogP contribution is 2.61. The van der Waals surface area contributed by atoms with E-state index in [2.05, 4.69) is 67.6 Å². The maximum absolute atomic E-state index is 10.6. The SMILES string of the molecule is CC(CCC(c1ccc(O)cc1)(c1ccc(O)cc1)c1ccc(O)cc1)(C1CCC(c2ccc(O)cc2)(c2ccc(O)cc2)CC1)C1CCC(c2ccc(O)cc2)(c2ccc(O)cc2)CC1.Oc1ccc(C(c2ccccc2)(c2ccc(O)cc2)c2ccc(O)cc2)cc1. The minimum absolute atomic E-state index is 0.176. The second-order valence-electron chi connectivity index (χ2n) is 26.2. The molecule has 0 radical (unpaired) electrons. The summed E-state index contributed by atoms with van der Waals surface area (Å²) in [4.78, 5) is 0. The molecule has 10 heteroatoms. The molecule has 2 aliphatic carbocycles. The van der Waals surface area contributed by atoms with Crippen LogP contribution in [0.3, 0.4) is 0 Å². The summed E-state index contributed by atoms with van der Waals surface area (Å²) >= 11 is 0. The van der Waals surface area contributed by atoms with Crippen molar-refractivity contribution >= 4 is 0 Å². The Kier molecular flexibility index (Phi) is 18.0. The summed E-state index contributed by atoms with van der Waals surface area (Å²) in [6.07, 6.45) is 8.95. The average molecular weight is 1250 g/mol. The first kappa shape index (κ1) is 63.6. The molecule has 2 saturated carbocycles. The van der Waals surface area contributed by atoms with Gasteiger partial charge < -0.3 is 51.1 Å². The average Bonchev–Trinajstić information content (AvgIpc) is 0.748. The van der Waals surface area contributed by atoms with Gasteiger partial charge in [-0.15, -0.1) is 0 Å². The monoisotopic (exact) mass is 1250 g/mol. The fourth-order valence-corrected chi connectivity index (χ4v) is 16.3. The van der Waals surface area contributed by atoms with Crippen LogP contribution in [0.15, 0.2) is 273 Å². The second-order valence-corrected chi connectivity index (χ2v) is 26.2. The van der Waals surface area contributed by atoms with E-state index in [4.69, 9.17) is 0 Å². The molecule has 476 valence electrons. The predicted octanol–water partition coefficient (Wildman–Crippen LogP) is 18.3. The van der Waals surface area contributed by atoms with Crippen LogP contribution in [0, 0.1) is 17.3 Å². The fraction of sp³-hybridized carbons (Fsp3) is 0.214. The van der Waals surface area contributed by atoms with Crippen molar-refractivity contribution in [2.24, 2.45) is 17.3 Å². The lowest BCUT2D eigenvalue weighted by Crippen LogP contribution is -2.45. The van der Waals surface area contributed by atoms with Gasteiger partial charge in [0, 0.05) is 16.2 Å². The third-order valence-corrected chi connectivity index (χ3v) is 21.4. The lowest BCUT2D eigenvalue weighted by molar-refractivity contribution is 0.00849. The Hall–Kier alpha value is -10.6. The van der Waals surface area contributed by atoms with Crippen LogP contribution in [0.25, 0.3) is 0 Å². The van der Waals surface area contributed by atoms with Gasteiger partial charge in [-0.3, -0.25) is 0 Å². The number of hydrogen-bond donors (Lipinski definition) is 10. The summed E-state index contributed by atoms with van der Waals surface area (Å²) in [5, 5.41) is 103. The first-order valence-electron chi connectivity index (χ1n) is 32.4. The number of phenolic OH excluding ortho intramolecular Hbond substituents is 10. The Morgan fingerprint density at radius 3 is 0.691 bits per heavy atom. The standard InChI is InChI=1S/C59H60O7.C25H20O3/c1-56(40-30-34-57(35-31-40,42-2-16-49(60)17-3-42)43-4-18-50(61)19-5-43,41-32-36-58(37-33-41,44-6-20-51(62)21-7-44)45-8-22-52(63)23-9-45)38-39-59(46-10-24-53(64)25-11-46,47-12-26-54(65)27-13-47)48-14-28-55(66)29-15-48;26-22-12-6-19(7-13-22)25(18-4-2-1-3-5-18,20-8-14-23(27)15-9-20)21-10-16-24(28)17-11-21/h2-29,40-41,60-66H,30-39H2,1H3;1-17,26-28H. The van der Waals surface area contributed by atoms with Crippen LogP contribution < -0.4 is 0 Å². The highest BCUT2D eigenvalue weighted by molar-refractivity contribution is 5.61. The minimum atomic E-state index is -0.719. The lowest BCUT2D eigenvalue weighted by Gasteiger charge is -2.54. The molecule has 10 N–H and O–H groups in total. The molecule has 2 aliphatic rings. The molecule has 0 atom stereocenters. The summed E-state index contributed by atoms with van der Waals surface area (Å²) in [5.41, 5.74) is 9.36. The van der Waals surface area contributed by atoms with Crippen molar-refractivity contribution in [3.63, 3.8) is 0 Å². The van der Waals surface area contributed by atoms with Crippen LogP contribution in [0.1, 0.15) is 132 Å². The van der Waals surface area contributed by atoms with Crippen LogP contribution in [-0.4, -0.2) is 51.1 Å². The van der Waals surface area contributed by atoms with Crippen molar-refractivity contribution in [2.45, 2.75) is 92.8 Å². The van der Waals surface area contributed by atoms with Crippen molar-refractivity contribution in [2.75, 3.05) is 0 Å². The summed E-state index contributed by atoms with van der Waals surface area (Å²) in [5.74, 6) is 2.70. The predicted molar refractivity (Wildman–Crippen MR) is 369 cm³/mol. The Balaban J connectivity index is 0.000000251. The van der Waals surface area contributed by atoms with Crippen molar-refractivity contribution in [1.82, 2.24) is 0 Å². The fourth-order valence-electron chi connectivity index (χ4n) is 16.3. The maximum Gasteiger partial charge on any atom is 0.115 e. The third kappa shape index (κ3) is 12.4. The van der Waals surface area contributed by atoms with Gasteiger partial charge in [0.25, 0.3) is 0 Å². The lowest BCUT2D eigenvalue weighted by atomic mass is 9.50. The Morgan fingerprint density at radius 1 is 0.255 bits per heavy atom. The zero-order valence-electron chi connectivity index (χ0n) is 52.7. The van der Waals surface area contributed by atoms with E-state index in [9.17, 15) is 51.1 Å². The van der Waals surface area contributed by atoms with Gasteiger partial charge in [0.1, 0.15) is 57.5 Å². The van der Waals surface area contributed by atoms with Crippen molar-refractivity contribution in [3.05, 3.63) is 334 Å². The smallest absolute Gasteiger partial charge is 0.115 e. The van der Waals surface area contributed by atoms with Gasteiger partial charge in [0.2, 0.25) is 0 Å². The van der Waals surface area contributed by atoms with Crippen LogP contribution in [-0.2, 0) is 21.7 Å². The highest BCUT2D eigenvalue weighted by Gasteiger charge is 2.51. The van der Waals surface area contributed by atoms with E-state index >= 15 is 0 Å². The topological polar surface area (TPSA) is 202 Å². The molecule has 0 heterocycles. The van der Waals surface area contributed by atoms with Crippen LogP contribution in [0.5, 0.6) is 57.5 Å². The van der Waals surface area contributed by atoms with Gasteiger partial charge in [-0.25, -0.2) is 0 Å². The first-order chi connectivity index (χ1) is 45.4. The van der Waals surface area contributed by atoms with Crippen molar-refractivity contribution in [1.29, 1.82) is 0 Å². The molecule has 0 bridgehead atoms. The first-order valence-corrected chi connectivity index (χ1v) is 32.4. The molecule has 94 heavy (non-hydrogen) atoms. The molecule has 0 amide bonds. The third-order valence-electron chi connectivity index (χ3n) is 21.4. The van der Waals surface area contributed by atoms with Crippen LogP contribution >= 0.6 is 0 Å². The summed E-state index contributed by atoms with van der Waals surface area (Å²) in [6, 6.07) is 84.6. The molecule has 10 nitrogen and oxygen atoms in total. The summed E-state index contributed by atoms with van der Waals surface area (Å²) in [6.45, 7) is 2.53. The van der Waals surface area contributed by atoms with Gasteiger partial charge in [0.15, 0.2) is 0 Å². The molecule has 0 aromatic heterocycles. The van der Waals surface area contributed by atoms with E-state index in [1.807, 2.05) is 91.0 Å². The van der Waals surface area contributed by atoms with Gasteiger partial charge in [-0.2, -0.15) is 0 Å². The summed E-state index contributed by atoms with van der Waals surface area (Å²) in [7, 11) is 0. The minimum Gasteiger partial charge on any atom is -0.508 e. The zero-order chi connectivity index (χ0) is 65.7. The van der Waals surface area contributed by atoms with Gasteiger partial charge in [0.05, 0.1) is 5.41 Å². The molecule has 11 aromatic carbocycles. The van der Waals surface area contributed by atoms with E-state index in [-0.39, 0.29) is 73.7 Å². The number of hydrogen-bond acceptors (Lipinski definition) is 10. The number of aromatic hydroxyl groups is 10. The molecule has 0 unspecified atom stereocenters. The Bertz CT molecular complexity index is 3820. The van der Waals surface area contributed by atoms with Crippen molar-refractivity contribution in [3.8, 4) is 57.5 Å². The molecule has 13 rings (SSSR count). The Labute approximate surface area is 550 Å². The Morgan fingerprint density at radius 2 is 0.457 bits per heavy atom. The van der Waals surface area contributed by atoms with Crippen LogP contribution in [0.2, 0.25) is 0 Å². The van der Waals surface area contributed by atoms with E-state index < -0.39 is 10.8 Å². The van der Waals surface area contributed by atoms with E-state index in [0.29, 0.717) is 18.3 Å². The highest BCUT2D eigenvalue weighted by atomic mass is 16.3. The molecular weight excluding hydrogens is 1170 g/mol. The quantitative estimate of drug-likeness (QED) is 0.0415. The normalized spacial score (nSPS) is 15.1. The molecular formula is C84H80O10. The largest absolute Gasteiger partial charge is 0.508 e. The summed E-state index contributed by atoms with van der Waals surface area (Å²) < 4.78 is 0. The number of benzene rings is 11. The molecule has 2 fully saturated rings. The van der Waals surface area contributed by atoms with Crippen molar-refractivity contribution < 1.29 is 51.1 Å². The van der Waals surface area contributed by atoms with Gasteiger partial charge >= 0.3 is 0 Å². The molecule has 0 saturated heterocycles. The van der Waals surface area contributed by atoms with Crippen LogP contribution in [0.4, 0.5) is 0 Å². The van der Waals surface area contributed by atoms with E-state index in [0.717, 1.165) is 119 Å². The van der Waals surface area contributed by atoms with E-state index in [1.165, 1.54) is 0 Å². The van der Waals surface area contributed by atoms with Gasteiger partial charge in [-0.1, -0.05) is 159 Å². The molecule has 11 aromatic rings. The number of phenols is 10. The van der Waals surface area contributed by atoms with E-state index in [1.54, 1.807) is 121 Å². The molecule has 0 aliphatic heterocycles. The zero-order valence-corrected chi connectivity index (χ0v) is 52.7. The maximum atomic E-state index is 10.6. The molecule has 0 spiro atoms. The van der Waals surface area contributed by atoms with Gasteiger partial charge in [-0.05, 0) is 264 Å². The second kappa shape index (κ2) is 26.6.